The molecule has 5 heteroatoms. The Morgan fingerprint density at radius 3 is 2.48 bits per heavy atom. The first kappa shape index (κ1) is 17.5. The Kier molecular flexibility index (Phi) is 5.43. The van der Waals surface area contributed by atoms with Crippen LogP contribution >= 0.6 is 0 Å². The molecule has 0 aliphatic carbocycles. The van der Waals surface area contributed by atoms with Crippen LogP contribution in [0.3, 0.4) is 0 Å². The summed E-state index contributed by atoms with van der Waals surface area (Å²) in [6.07, 6.45) is 3.63. The number of amides is 1. The molecule has 0 spiro atoms. The summed E-state index contributed by atoms with van der Waals surface area (Å²) in [7, 11) is 0. The van der Waals surface area contributed by atoms with Gasteiger partial charge < -0.3 is 10.2 Å². The summed E-state index contributed by atoms with van der Waals surface area (Å²) in [5.41, 5.74) is 2.23. The number of likely N-dealkylation sites (tertiary alicyclic amines) is 1. The summed E-state index contributed by atoms with van der Waals surface area (Å²) in [6, 6.07) is 10.6. The smallest absolute Gasteiger partial charge is 0.254 e. The normalized spacial score (nSPS) is 16.2. The van der Waals surface area contributed by atoms with Crippen molar-refractivity contribution in [1.29, 1.82) is 0 Å². The van der Waals surface area contributed by atoms with Gasteiger partial charge in [0.15, 0.2) is 5.82 Å². The van der Waals surface area contributed by atoms with E-state index in [1.807, 2.05) is 37.3 Å². The molecule has 1 N–H and O–H groups in total. The van der Waals surface area contributed by atoms with Crippen molar-refractivity contribution in [3.05, 3.63) is 47.8 Å². The molecule has 1 aromatic heterocycles. The molecule has 1 amide bonds. The van der Waals surface area contributed by atoms with Crippen LogP contribution in [0.15, 0.2) is 36.5 Å². The fourth-order valence-corrected chi connectivity index (χ4v) is 3.24. The maximum absolute atomic E-state index is 12.6. The molecule has 1 aliphatic rings. The van der Waals surface area contributed by atoms with Gasteiger partial charge in [0.1, 0.15) is 0 Å². The van der Waals surface area contributed by atoms with Gasteiger partial charge in [-0.15, -0.1) is 0 Å². The number of rotatable bonds is 4. The molecular formula is C20H26N4O. The van der Waals surface area contributed by atoms with Crippen LogP contribution in [0, 0.1) is 6.92 Å². The van der Waals surface area contributed by atoms with E-state index < -0.39 is 0 Å². The van der Waals surface area contributed by atoms with Crippen molar-refractivity contribution >= 4 is 5.91 Å². The van der Waals surface area contributed by atoms with Gasteiger partial charge in [0, 0.05) is 36.9 Å². The topological polar surface area (TPSA) is 58.1 Å². The maximum atomic E-state index is 12.6. The second-order valence-corrected chi connectivity index (χ2v) is 6.94. The summed E-state index contributed by atoms with van der Waals surface area (Å²) in [4.78, 5) is 23.9. The Bertz CT molecular complexity index is 722. The van der Waals surface area contributed by atoms with Crippen molar-refractivity contribution in [3.63, 3.8) is 0 Å². The van der Waals surface area contributed by atoms with Crippen LogP contribution in [-0.2, 0) is 0 Å². The number of piperidine rings is 1. The molecule has 1 aromatic carbocycles. The highest BCUT2D eigenvalue weighted by molar-refractivity contribution is 5.95. The number of carbonyl (C=O) groups excluding carboxylic acids is 1. The molecule has 25 heavy (non-hydrogen) atoms. The van der Waals surface area contributed by atoms with Gasteiger partial charge in [-0.1, -0.05) is 30.3 Å². The van der Waals surface area contributed by atoms with Gasteiger partial charge >= 0.3 is 0 Å². The lowest BCUT2D eigenvalue weighted by atomic mass is 10.0. The van der Waals surface area contributed by atoms with Crippen LogP contribution in [0.4, 0.5) is 0 Å². The van der Waals surface area contributed by atoms with Crippen LogP contribution < -0.4 is 5.32 Å². The van der Waals surface area contributed by atoms with Gasteiger partial charge in [0.25, 0.3) is 5.91 Å². The molecule has 1 saturated heterocycles. The van der Waals surface area contributed by atoms with E-state index in [0.717, 1.165) is 31.5 Å². The number of hydrogen-bond donors (Lipinski definition) is 1. The largest absolute Gasteiger partial charge is 0.349 e. The van der Waals surface area contributed by atoms with E-state index in [-0.39, 0.29) is 11.9 Å². The highest BCUT2D eigenvalue weighted by atomic mass is 16.1. The molecule has 1 aliphatic heterocycles. The lowest BCUT2D eigenvalue weighted by Gasteiger charge is -2.34. The maximum Gasteiger partial charge on any atom is 0.254 e. The Hall–Kier alpha value is -2.27. The molecule has 0 unspecified atom stereocenters. The lowest BCUT2D eigenvalue weighted by Crippen LogP contribution is -2.46. The van der Waals surface area contributed by atoms with Gasteiger partial charge in [0.2, 0.25) is 0 Å². The van der Waals surface area contributed by atoms with Crippen molar-refractivity contribution in [2.24, 2.45) is 0 Å². The van der Waals surface area contributed by atoms with Crippen molar-refractivity contribution in [1.82, 2.24) is 20.2 Å². The van der Waals surface area contributed by atoms with E-state index in [1.165, 1.54) is 0 Å². The Morgan fingerprint density at radius 1 is 1.20 bits per heavy atom. The first-order valence-corrected chi connectivity index (χ1v) is 8.98. The monoisotopic (exact) mass is 338 g/mol. The fraction of sp³-hybridized carbons (Fsp3) is 0.450. The summed E-state index contributed by atoms with van der Waals surface area (Å²) in [6.45, 7) is 8.36. The van der Waals surface area contributed by atoms with Gasteiger partial charge in [0.05, 0.1) is 11.3 Å². The van der Waals surface area contributed by atoms with Gasteiger partial charge in [-0.2, -0.15) is 0 Å². The number of nitrogens with zero attached hydrogens (tertiary/aromatic N) is 3. The molecule has 0 atom stereocenters. The number of aryl methyl sites for hydroxylation is 1. The highest BCUT2D eigenvalue weighted by Crippen LogP contribution is 2.17. The number of nitrogens with one attached hydrogen (secondary N) is 1. The number of carbonyl (C=O) groups is 1. The molecule has 2 aromatic rings. The van der Waals surface area contributed by atoms with Gasteiger partial charge in [-0.25, -0.2) is 9.97 Å². The van der Waals surface area contributed by atoms with Crippen molar-refractivity contribution in [2.75, 3.05) is 13.1 Å². The van der Waals surface area contributed by atoms with E-state index in [2.05, 4.69) is 34.0 Å². The van der Waals surface area contributed by atoms with E-state index >= 15 is 0 Å². The predicted octanol–water partition coefficient (Wildman–Crippen LogP) is 3.05. The zero-order chi connectivity index (χ0) is 17.8. The van der Waals surface area contributed by atoms with Crippen LogP contribution in [0.2, 0.25) is 0 Å². The standard InChI is InChI=1S/C20H26N4O/c1-14(2)24-11-9-17(10-12-24)23-20(25)18-13-21-19(22-15(18)3)16-7-5-4-6-8-16/h4-8,13-14,17H,9-12H2,1-3H3,(H,23,25). The Balaban J connectivity index is 1.65. The zero-order valence-electron chi connectivity index (χ0n) is 15.2. The second-order valence-electron chi connectivity index (χ2n) is 6.94. The molecule has 5 nitrogen and oxygen atoms in total. The van der Waals surface area contributed by atoms with E-state index in [4.69, 9.17) is 0 Å². The average molecular weight is 338 g/mol. The average Bonchev–Trinajstić information content (AvgIpc) is 2.62. The molecular weight excluding hydrogens is 312 g/mol. The van der Waals surface area contributed by atoms with E-state index in [0.29, 0.717) is 23.1 Å². The third-order valence-corrected chi connectivity index (χ3v) is 4.85. The minimum Gasteiger partial charge on any atom is -0.349 e. The highest BCUT2D eigenvalue weighted by Gasteiger charge is 2.23. The molecule has 2 heterocycles. The second kappa shape index (κ2) is 7.74. The minimum absolute atomic E-state index is 0.0693. The third-order valence-electron chi connectivity index (χ3n) is 4.85. The van der Waals surface area contributed by atoms with Crippen LogP contribution in [0.25, 0.3) is 11.4 Å². The van der Waals surface area contributed by atoms with Crippen LogP contribution in [0.1, 0.15) is 42.7 Å². The van der Waals surface area contributed by atoms with Crippen molar-refractivity contribution < 1.29 is 4.79 Å². The van der Waals surface area contributed by atoms with Crippen LogP contribution in [0.5, 0.6) is 0 Å². The van der Waals surface area contributed by atoms with Gasteiger partial charge in [-0.05, 0) is 33.6 Å². The molecule has 0 radical (unpaired) electrons. The number of hydrogen-bond acceptors (Lipinski definition) is 4. The third kappa shape index (κ3) is 4.23. The molecule has 0 saturated carbocycles. The summed E-state index contributed by atoms with van der Waals surface area (Å²) >= 11 is 0. The molecule has 132 valence electrons. The first-order valence-electron chi connectivity index (χ1n) is 8.98. The molecule has 0 bridgehead atoms. The SMILES string of the molecule is Cc1nc(-c2ccccc2)ncc1C(=O)NC1CCN(C(C)C)CC1. The fourth-order valence-electron chi connectivity index (χ4n) is 3.24. The van der Waals surface area contributed by atoms with Crippen LogP contribution in [-0.4, -0.2) is 45.9 Å². The zero-order valence-corrected chi connectivity index (χ0v) is 15.2. The molecule has 3 rings (SSSR count). The van der Waals surface area contributed by atoms with Crippen molar-refractivity contribution in [2.45, 2.75) is 45.7 Å². The number of aromatic nitrogens is 2. The van der Waals surface area contributed by atoms with E-state index in [1.54, 1.807) is 6.20 Å². The number of benzene rings is 1. The van der Waals surface area contributed by atoms with Crippen molar-refractivity contribution in [3.8, 4) is 11.4 Å². The minimum atomic E-state index is -0.0693. The Morgan fingerprint density at radius 2 is 1.88 bits per heavy atom. The lowest BCUT2D eigenvalue weighted by molar-refractivity contribution is 0.0899. The summed E-state index contributed by atoms with van der Waals surface area (Å²) in [5, 5.41) is 3.15. The Labute approximate surface area is 149 Å². The predicted molar refractivity (Wildman–Crippen MR) is 99.4 cm³/mol. The molecule has 1 fully saturated rings. The van der Waals surface area contributed by atoms with E-state index in [9.17, 15) is 4.79 Å². The summed E-state index contributed by atoms with van der Waals surface area (Å²) in [5.74, 6) is 0.583. The first-order chi connectivity index (χ1) is 12.0. The quantitative estimate of drug-likeness (QED) is 0.931. The van der Waals surface area contributed by atoms with Gasteiger partial charge in [-0.3, -0.25) is 4.79 Å². The summed E-state index contributed by atoms with van der Waals surface area (Å²) < 4.78 is 0.